The van der Waals surface area contributed by atoms with Gasteiger partial charge in [0.05, 0.1) is 23.6 Å². The number of benzene rings is 1. The highest BCUT2D eigenvalue weighted by atomic mass is 16.6. The molecule has 2 aromatic rings. The van der Waals surface area contributed by atoms with Crippen LogP contribution in [0.4, 0.5) is 0 Å². The maximum atomic E-state index is 13.9. The largest absolute Gasteiger partial charge is 0.466 e. The number of aliphatic hydroxyl groups is 1. The van der Waals surface area contributed by atoms with E-state index in [-0.39, 0.29) is 37.6 Å². The molecule has 4 heterocycles. The van der Waals surface area contributed by atoms with Gasteiger partial charge in [-0.25, -0.2) is 4.68 Å². The molecular weight excluding hydrogens is 478 g/mol. The number of nitrogens with zero attached hydrogens (tertiary/aromatic N) is 4. The number of likely N-dealkylation sites (tertiary alicyclic amines) is 1. The predicted molar refractivity (Wildman–Crippen MR) is 132 cm³/mol. The van der Waals surface area contributed by atoms with Crippen LogP contribution in [0.5, 0.6) is 0 Å². The molecular formula is C26H35N5O6. The number of aromatic nitrogens is 3. The molecule has 200 valence electrons. The van der Waals surface area contributed by atoms with Crippen molar-refractivity contribution in [1.82, 2.24) is 25.2 Å². The first-order valence-corrected chi connectivity index (χ1v) is 13.1. The van der Waals surface area contributed by atoms with E-state index in [4.69, 9.17) is 9.47 Å². The Hall–Kier alpha value is -3.05. The van der Waals surface area contributed by atoms with Crippen LogP contribution in [-0.4, -0.2) is 79.8 Å². The van der Waals surface area contributed by atoms with Gasteiger partial charge < -0.3 is 24.8 Å². The molecule has 3 aliphatic heterocycles. The Balaban J connectivity index is 1.46. The van der Waals surface area contributed by atoms with E-state index < -0.39 is 35.0 Å². The first-order chi connectivity index (χ1) is 17.8. The predicted octanol–water partition coefficient (Wildman–Crippen LogP) is 1.24. The van der Waals surface area contributed by atoms with Gasteiger partial charge >= 0.3 is 5.97 Å². The van der Waals surface area contributed by atoms with Gasteiger partial charge in [0.1, 0.15) is 29.7 Å². The molecule has 37 heavy (non-hydrogen) atoms. The summed E-state index contributed by atoms with van der Waals surface area (Å²) in [5, 5.41) is 20.4. The number of esters is 1. The van der Waals surface area contributed by atoms with Crippen molar-refractivity contribution in [2.24, 2.45) is 17.8 Å². The normalized spacial score (nSPS) is 32.2. The Morgan fingerprint density at radius 1 is 1.27 bits per heavy atom. The molecule has 2 amide bonds. The van der Waals surface area contributed by atoms with Crippen LogP contribution in [0, 0.1) is 17.8 Å². The van der Waals surface area contributed by atoms with Crippen molar-refractivity contribution in [3.8, 4) is 0 Å². The molecule has 1 spiro atoms. The Morgan fingerprint density at radius 2 is 2.05 bits per heavy atom. The fourth-order valence-electron chi connectivity index (χ4n) is 6.72. The second-order valence-corrected chi connectivity index (χ2v) is 10.5. The Morgan fingerprint density at radius 3 is 2.81 bits per heavy atom. The lowest BCUT2D eigenvalue weighted by Crippen LogP contribution is -2.55. The van der Waals surface area contributed by atoms with E-state index >= 15 is 0 Å². The number of amides is 2. The minimum Gasteiger partial charge on any atom is -0.466 e. The molecule has 11 nitrogen and oxygen atoms in total. The minimum absolute atomic E-state index is 0.0464. The van der Waals surface area contributed by atoms with Gasteiger partial charge in [-0.05, 0) is 57.6 Å². The second kappa shape index (κ2) is 9.68. The number of unbranched alkanes of at least 4 members (excludes halogenated alkanes) is 2. The average molecular weight is 514 g/mol. The molecule has 0 saturated carbocycles. The molecule has 5 rings (SSSR count). The van der Waals surface area contributed by atoms with Crippen molar-refractivity contribution in [3.63, 3.8) is 0 Å². The van der Waals surface area contributed by atoms with E-state index in [1.165, 1.54) is 0 Å². The SMILES string of the molecule is CCOC(=O)[C@@H]1[C@H]2C(=O)N(CCCCCO)C(C(=O)NCn3nnc4ccccc43)C23CC(C)[C@@]1(C)O3. The molecule has 2 N–H and O–H groups in total. The lowest BCUT2D eigenvalue weighted by atomic mass is 9.62. The Bertz CT molecular complexity index is 1200. The van der Waals surface area contributed by atoms with Crippen LogP contribution in [-0.2, 0) is 30.5 Å². The number of carbonyl (C=O) groups excluding carboxylic acids is 3. The number of rotatable bonds is 10. The number of nitrogens with one attached hydrogen (secondary N) is 1. The summed E-state index contributed by atoms with van der Waals surface area (Å²) in [6, 6.07) is 6.57. The van der Waals surface area contributed by atoms with Gasteiger partial charge in [0.15, 0.2) is 0 Å². The minimum atomic E-state index is -1.12. The zero-order valence-electron chi connectivity index (χ0n) is 21.6. The van der Waals surface area contributed by atoms with Crippen LogP contribution < -0.4 is 5.32 Å². The zero-order chi connectivity index (χ0) is 26.4. The summed E-state index contributed by atoms with van der Waals surface area (Å²) in [7, 11) is 0. The van der Waals surface area contributed by atoms with Crippen molar-refractivity contribution in [3.05, 3.63) is 24.3 Å². The summed E-state index contributed by atoms with van der Waals surface area (Å²) in [5.41, 5.74) is -0.512. The lowest BCUT2D eigenvalue weighted by Gasteiger charge is -2.35. The topological polar surface area (TPSA) is 136 Å². The Labute approximate surface area is 215 Å². The summed E-state index contributed by atoms with van der Waals surface area (Å²) >= 11 is 0. The number of carbonyl (C=O) groups is 3. The number of hydrogen-bond donors (Lipinski definition) is 2. The highest BCUT2D eigenvalue weighted by Crippen LogP contribution is 2.65. The van der Waals surface area contributed by atoms with Crippen LogP contribution in [0.15, 0.2) is 24.3 Å². The van der Waals surface area contributed by atoms with Crippen LogP contribution >= 0.6 is 0 Å². The van der Waals surface area contributed by atoms with Crippen LogP contribution in [0.2, 0.25) is 0 Å². The van der Waals surface area contributed by atoms with Crippen molar-refractivity contribution in [2.45, 2.75) is 70.4 Å². The number of ether oxygens (including phenoxy) is 2. The first kappa shape index (κ1) is 25.6. The molecule has 2 bridgehead atoms. The van der Waals surface area contributed by atoms with Gasteiger partial charge in [0.2, 0.25) is 11.8 Å². The van der Waals surface area contributed by atoms with Crippen molar-refractivity contribution < 1.29 is 29.0 Å². The molecule has 3 fully saturated rings. The van der Waals surface area contributed by atoms with E-state index in [1.807, 2.05) is 38.1 Å². The highest BCUT2D eigenvalue weighted by molar-refractivity contribution is 5.98. The smallest absolute Gasteiger partial charge is 0.312 e. The number of hydrogen-bond acceptors (Lipinski definition) is 8. The van der Waals surface area contributed by atoms with Gasteiger partial charge in [0, 0.05) is 13.2 Å². The average Bonchev–Trinajstić information content (AvgIpc) is 3.54. The molecule has 3 unspecified atom stereocenters. The summed E-state index contributed by atoms with van der Waals surface area (Å²) in [6.45, 7) is 6.29. The molecule has 3 saturated heterocycles. The lowest BCUT2D eigenvalue weighted by molar-refractivity contribution is -0.161. The Kier molecular flexibility index (Phi) is 6.70. The van der Waals surface area contributed by atoms with Crippen molar-refractivity contribution >= 4 is 28.8 Å². The third-order valence-electron chi connectivity index (χ3n) is 8.48. The third-order valence-corrected chi connectivity index (χ3v) is 8.48. The van der Waals surface area contributed by atoms with Gasteiger partial charge in [0.25, 0.3) is 0 Å². The van der Waals surface area contributed by atoms with Gasteiger partial charge in [-0.15, -0.1) is 5.10 Å². The zero-order valence-corrected chi connectivity index (χ0v) is 21.6. The third kappa shape index (κ3) is 3.90. The van der Waals surface area contributed by atoms with E-state index in [2.05, 4.69) is 15.6 Å². The van der Waals surface area contributed by atoms with Crippen molar-refractivity contribution in [2.75, 3.05) is 19.8 Å². The summed E-state index contributed by atoms with van der Waals surface area (Å²) in [6.07, 6.45) is 2.45. The van der Waals surface area contributed by atoms with E-state index in [9.17, 15) is 19.5 Å². The molecule has 6 atom stereocenters. The second-order valence-electron chi connectivity index (χ2n) is 10.5. The maximum absolute atomic E-state index is 13.9. The monoisotopic (exact) mass is 513 g/mol. The van der Waals surface area contributed by atoms with Crippen molar-refractivity contribution in [1.29, 1.82) is 0 Å². The molecule has 11 heteroatoms. The first-order valence-electron chi connectivity index (χ1n) is 13.1. The quantitative estimate of drug-likeness (QED) is 0.358. The van der Waals surface area contributed by atoms with Gasteiger partial charge in [-0.1, -0.05) is 24.3 Å². The summed E-state index contributed by atoms with van der Waals surface area (Å²) < 4.78 is 13.6. The maximum Gasteiger partial charge on any atom is 0.312 e. The molecule has 3 aliphatic rings. The van der Waals surface area contributed by atoms with E-state index in [0.717, 1.165) is 5.52 Å². The molecule has 0 radical (unpaired) electrons. The summed E-state index contributed by atoms with van der Waals surface area (Å²) in [5.74, 6) is -2.65. The number of para-hydroxylation sites is 1. The van der Waals surface area contributed by atoms with Crippen LogP contribution in [0.1, 0.15) is 46.5 Å². The van der Waals surface area contributed by atoms with Crippen LogP contribution in [0.3, 0.4) is 0 Å². The van der Waals surface area contributed by atoms with E-state index in [0.29, 0.717) is 37.7 Å². The highest BCUT2D eigenvalue weighted by Gasteiger charge is 2.80. The standard InChI is InChI=1S/C26H35N5O6/c1-4-36-24(35)20-19-23(34)30(12-8-5-9-13-32)21(26(19)14-16(2)25(20,3)37-26)22(33)27-15-31-18-11-7-6-10-17(18)28-29-31/h6-7,10-11,16,19-21,32H,4-5,8-9,12-15H2,1-3H3,(H,27,33)/t16?,19-,20-,21?,25+,26?/m0/s1. The molecule has 1 aromatic carbocycles. The molecule has 0 aliphatic carbocycles. The van der Waals surface area contributed by atoms with Gasteiger partial charge in [-0.2, -0.15) is 0 Å². The summed E-state index contributed by atoms with van der Waals surface area (Å²) in [4.78, 5) is 42.5. The van der Waals surface area contributed by atoms with Gasteiger partial charge in [-0.3, -0.25) is 14.4 Å². The van der Waals surface area contributed by atoms with Crippen LogP contribution in [0.25, 0.3) is 11.0 Å². The fraction of sp³-hybridized carbons (Fsp3) is 0.654. The molecule has 1 aromatic heterocycles. The number of fused-ring (bicyclic) bond motifs is 2. The number of aliphatic hydroxyl groups excluding tert-OH is 1. The fourth-order valence-corrected chi connectivity index (χ4v) is 6.72. The van der Waals surface area contributed by atoms with E-state index in [1.54, 1.807) is 16.5 Å².